The number of alkyl halides is 3. The number of rotatable bonds is 3. The van der Waals surface area contributed by atoms with E-state index in [2.05, 4.69) is 10.0 Å². The van der Waals surface area contributed by atoms with E-state index in [9.17, 15) is 26.4 Å². The van der Waals surface area contributed by atoms with Gasteiger partial charge in [0.05, 0.1) is 22.7 Å². The van der Waals surface area contributed by atoms with Gasteiger partial charge in [-0.1, -0.05) is 12.1 Å². The van der Waals surface area contributed by atoms with Gasteiger partial charge in [-0.2, -0.15) is 13.2 Å². The first kappa shape index (κ1) is 15.8. The molecule has 0 spiro atoms. The van der Waals surface area contributed by atoms with Crippen LogP contribution in [0.15, 0.2) is 34.5 Å². The Morgan fingerprint density at radius 2 is 2.00 bits per heavy atom. The van der Waals surface area contributed by atoms with Gasteiger partial charge in [-0.25, -0.2) is 8.42 Å². The number of benzene rings is 1. The molecule has 2 N–H and O–H groups in total. The molecule has 0 unspecified atom stereocenters. The number of anilines is 2. The second-order valence-electron chi connectivity index (χ2n) is 4.81. The third kappa shape index (κ3) is 3.04. The SMILES string of the molecule is O=C1Cc2cccc(NS(=O)(=O)c3csc(C(F)(F)F)c3)c2N1. The maximum atomic E-state index is 12.6. The molecule has 0 aliphatic carbocycles. The van der Waals surface area contributed by atoms with Gasteiger partial charge in [0, 0.05) is 5.38 Å². The molecule has 2 aromatic rings. The minimum Gasteiger partial charge on any atom is -0.324 e. The van der Waals surface area contributed by atoms with E-state index in [-0.39, 0.29) is 18.0 Å². The van der Waals surface area contributed by atoms with Crippen molar-refractivity contribution < 1.29 is 26.4 Å². The van der Waals surface area contributed by atoms with Crippen LogP contribution in [-0.4, -0.2) is 14.3 Å². The number of sulfonamides is 1. The molecule has 0 saturated carbocycles. The van der Waals surface area contributed by atoms with Gasteiger partial charge >= 0.3 is 6.18 Å². The van der Waals surface area contributed by atoms with Crippen molar-refractivity contribution in [2.24, 2.45) is 0 Å². The second kappa shape index (κ2) is 5.24. The lowest BCUT2D eigenvalue weighted by atomic mass is 10.1. The molecule has 3 rings (SSSR count). The fourth-order valence-corrected chi connectivity index (χ4v) is 4.36. The molecular weight excluding hydrogens is 353 g/mol. The number of carbonyl (C=O) groups excluding carboxylic acids is 1. The Morgan fingerprint density at radius 3 is 2.65 bits per heavy atom. The summed E-state index contributed by atoms with van der Waals surface area (Å²) in [5, 5.41) is 3.45. The van der Waals surface area contributed by atoms with E-state index >= 15 is 0 Å². The Morgan fingerprint density at radius 1 is 1.26 bits per heavy atom. The summed E-state index contributed by atoms with van der Waals surface area (Å²) in [4.78, 5) is 9.92. The topological polar surface area (TPSA) is 75.3 Å². The van der Waals surface area contributed by atoms with Crippen LogP contribution in [0.5, 0.6) is 0 Å². The number of halogens is 3. The standard InChI is InChI=1S/C13H9F3N2O3S2/c14-13(15,16)10-5-8(6-22-10)23(20,21)18-9-3-1-2-7-4-11(19)17-12(7)9/h1-3,5-6,18H,4H2,(H,17,19). The molecule has 23 heavy (non-hydrogen) atoms. The van der Waals surface area contributed by atoms with Gasteiger partial charge < -0.3 is 5.32 Å². The van der Waals surface area contributed by atoms with Crippen LogP contribution in [0.3, 0.4) is 0 Å². The molecule has 0 fully saturated rings. The van der Waals surface area contributed by atoms with E-state index in [4.69, 9.17) is 0 Å². The van der Waals surface area contributed by atoms with Crippen LogP contribution in [0, 0.1) is 0 Å². The van der Waals surface area contributed by atoms with E-state index in [1.165, 1.54) is 6.07 Å². The van der Waals surface area contributed by atoms with E-state index in [1.54, 1.807) is 12.1 Å². The number of fused-ring (bicyclic) bond motifs is 1. The van der Waals surface area contributed by atoms with E-state index < -0.39 is 26.0 Å². The van der Waals surface area contributed by atoms with Gasteiger partial charge in [-0.15, -0.1) is 11.3 Å². The lowest BCUT2D eigenvalue weighted by Gasteiger charge is -2.10. The lowest BCUT2D eigenvalue weighted by molar-refractivity contribution is -0.134. The third-order valence-electron chi connectivity index (χ3n) is 3.18. The number of para-hydroxylation sites is 1. The first-order valence-electron chi connectivity index (χ1n) is 6.27. The van der Waals surface area contributed by atoms with Crippen LogP contribution in [-0.2, 0) is 27.4 Å². The fraction of sp³-hybridized carbons (Fsp3) is 0.154. The Kier molecular flexibility index (Phi) is 3.60. The molecule has 2 heterocycles. The monoisotopic (exact) mass is 362 g/mol. The smallest absolute Gasteiger partial charge is 0.324 e. The Hall–Kier alpha value is -2.07. The molecule has 0 radical (unpaired) electrons. The minimum atomic E-state index is -4.60. The summed E-state index contributed by atoms with van der Waals surface area (Å²) in [5.74, 6) is -0.276. The molecule has 10 heteroatoms. The van der Waals surface area contributed by atoms with Gasteiger partial charge in [0.1, 0.15) is 4.88 Å². The van der Waals surface area contributed by atoms with Gasteiger partial charge in [0.25, 0.3) is 10.0 Å². The van der Waals surface area contributed by atoms with Crippen LogP contribution in [0.25, 0.3) is 0 Å². The largest absolute Gasteiger partial charge is 0.425 e. The quantitative estimate of drug-likeness (QED) is 0.881. The summed E-state index contributed by atoms with van der Waals surface area (Å²) in [7, 11) is -4.18. The molecule has 1 aromatic heterocycles. The van der Waals surface area contributed by atoms with Gasteiger partial charge in [-0.05, 0) is 17.7 Å². The summed E-state index contributed by atoms with van der Waals surface area (Å²) in [5.41, 5.74) is 1.07. The van der Waals surface area contributed by atoms with Gasteiger partial charge in [0.15, 0.2) is 0 Å². The van der Waals surface area contributed by atoms with Crippen molar-refractivity contribution in [2.45, 2.75) is 17.5 Å². The molecule has 1 amide bonds. The highest BCUT2D eigenvalue weighted by molar-refractivity contribution is 7.92. The van der Waals surface area contributed by atoms with Crippen molar-refractivity contribution >= 4 is 38.6 Å². The third-order valence-corrected chi connectivity index (χ3v) is 5.64. The highest BCUT2D eigenvalue weighted by Gasteiger charge is 2.34. The number of nitrogens with one attached hydrogen (secondary N) is 2. The summed E-state index contributed by atoms with van der Waals surface area (Å²) in [6.45, 7) is 0. The normalized spacial score (nSPS) is 14.5. The van der Waals surface area contributed by atoms with E-state index in [0.717, 1.165) is 5.38 Å². The Bertz CT molecular complexity index is 888. The number of hydrogen-bond donors (Lipinski definition) is 2. The van der Waals surface area contributed by atoms with Crippen LogP contribution in [0.2, 0.25) is 0 Å². The molecular formula is C13H9F3N2O3S2. The molecule has 5 nitrogen and oxygen atoms in total. The maximum absolute atomic E-state index is 12.6. The first-order valence-corrected chi connectivity index (χ1v) is 8.63. The van der Waals surface area contributed by atoms with Crippen LogP contribution in [0.1, 0.15) is 10.4 Å². The van der Waals surface area contributed by atoms with Gasteiger partial charge in [0.2, 0.25) is 5.91 Å². The molecule has 1 aliphatic heterocycles. The van der Waals surface area contributed by atoms with Crippen molar-refractivity contribution in [1.29, 1.82) is 0 Å². The number of hydrogen-bond acceptors (Lipinski definition) is 4. The molecule has 0 atom stereocenters. The number of carbonyl (C=O) groups is 1. The first-order chi connectivity index (χ1) is 10.7. The van der Waals surface area contributed by atoms with Crippen LogP contribution < -0.4 is 10.0 Å². The van der Waals surface area contributed by atoms with E-state index in [0.29, 0.717) is 28.7 Å². The van der Waals surface area contributed by atoms with Crippen molar-refractivity contribution in [3.8, 4) is 0 Å². The predicted octanol–water partition coefficient (Wildman–Crippen LogP) is 3.06. The average molecular weight is 362 g/mol. The van der Waals surface area contributed by atoms with E-state index in [1.807, 2.05) is 0 Å². The minimum absolute atomic E-state index is 0.119. The zero-order chi connectivity index (χ0) is 16.8. The van der Waals surface area contributed by atoms with Crippen LogP contribution >= 0.6 is 11.3 Å². The maximum Gasteiger partial charge on any atom is 0.425 e. The number of amides is 1. The second-order valence-corrected chi connectivity index (χ2v) is 7.41. The van der Waals surface area contributed by atoms with Crippen LogP contribution in [0.4, 0.5) is 24.5 Å². The zero-order valence-corrected chi connectivity index (χ0v) is 12.9. The summed E-state index contributed by atoms with van der Waals surface area (Å²) < 4.78 is 64.5. The average Bonchev–Trinajstić information content (AvgIpc) is 3.03. The fourth-order valence-electron chi connectivity index (χ4n) is 2.15. The Balaban J connectivity index is 1.93. The predicted molar refractivity (Wildman–Crippen MR) is 78.9 cm³/mol. The summed E-state index contributed by atoms with van der Waals surface area (Å²) in [6, 6.07) is 5.23. The van der Waals surface area contributed by atoms with Crippen molar-refractivity contribution in [1.82, 2.24) is 0 Å². The molecule has 1 aromatic carbocycles. The summed E-state index contributed by atoms with van der Waals surface area (Å²) >= 11 is 0.306. The zero-order valence-electron chi connectivity index (χ0n) is 11.3. The molecule has 122 valence electrons. The highest BCUT2D eigenvalue weighted by atomic mass is 32.2. The Labute approximate surface area is 133 Å². The lowest BCUT2D eigenvalue weighted by Crippen LogP contribution is -2.14. The highest BCUT2D eigenvalue weighted by Crippen LogP contribution is 2.37. The molecule has 0 saturated heterocycles. The molecule has 1 aliphatic rings. The summed E-state index contributed by atoms with van der Waals surface area (Å²) in [6.07, 6.45) is -4.47. The van der Waals surface area contributed by atoms with Crippen molar-refractivity contribution in [3.05, 3.63) is 40.1 Å². The van der Waals surface area contributed by atoms with Gasteiger partial charge in [-0.3, -0.25) is 9.52 Å². The number of thiophene rings is 1. The molecule has 0 bridgehead atoms. The van der Waals surface area contributed by atoms with Crippen molar-refractivity contribution in [3.63, 3.8) is 0 Å². The van der Waals surface area contributed by atoms with Crippen molar-refractivity contribution in [2.75, 3.05) is 10.0 Å².